The maximum atomic E-state index is 9.46. The Hall–Kier alpha value is -2.63. The molecule has 0 aliphatic heterocycles. The monoisotopic (exact) mass is 353 g/mol. The summed E-state index contributed by atoms with van der Waals surface area (Å²) in [7, 11) is 0. The van der Waals surface area contributed by atoms with Gasteiger partial charge in [0.05, 0.1) is 25.0 Å². The Morgan fingerprint density at radius 2 is 1.81 bits per heavy atom. The van der Waals surface area contributed by atoms with Crippen LogP contribution in [0.15, 0.2) is 59.0 Å². The molecule has 3 aromatic rings. The lowest BCUT2D eigenvalue weighted by molar-refractivity contribution is 0.0955. The van der Waals surface area contributed by atoms with Crippen molar-refractivity contribution in [1.82, 2.24) is 4.98 Å². The van der Waals surface area contributed by atoms with E-state index in [1.165, 1.54) is 0 Å². The van der Waals surface area contributed by atoms with Gasteiger partial charge in [-0.1, -0.05) is 30.3 Å². The van der Waals surface area contributed by atoms with Crippen molar-refractivity contribution in [3.8, 4) is 17.2 Å². The topological polar surface area (TPSA) is 75.7 Å². The lowest BCUT2D eigenvalue weighted by atomic mass is 10.1. The summed E-state index contributed by atoms with van der Waals surface area (Å²) in [6.45, 7) is 2.18. The molecular weight excluding hydrogens is 330 g/mol. The van der Waals surface area contributed by atoms with Gasteiger partial charge >= 0.3 is 0 Å². The molecule has 136 valence electrons. The van der Waals surface area contributed by atoms with Gasteiger partial charge in [-0.25, -0.2) is 4.98 Å². The number of hydrogen-bond donors (Lipinski definition) is 2. The molecule has 2 N–H and O–H groups in total. The van der Waals surface area contributed by atoms with Crippen LogP contribution in [0.1, 0.15) is 17.0 Å². The number of hydrogen-bond acceptors (Lipinski definition) is 5. The van der Waals surface area contributed by atoms with Crippen LogP contribution in [0.4, 0.5) is 0 Å². The molecule has 5 heteroatoms. The van der Waals surface area contributed by atoms with Crippen molar-refractivity contribution < 1.29 is 19.4 Å². The minimum absolute atomic E-state index is 0.236. The first kappa shape index (κ1) is 18.2. The highest BCUT2D eigenvalue weighted by Gasteiger charge is 2.11. The largest absolute Gasteiger partial charge is 0.493 e. The van der Waals surface area contributed by atoms with E-state index in [9.17, 15) is 5.11 Å². The molecule has 0 amide bonds. The van der Waals surface area contributed by atoms with Gasteiger partial charge in [-0.2, -0.15) is 0 Å². The number of ether oxygens (including phenoxy) is 1. The third-order valence-corrected chi connectivity index (χ3v) is 4.13. The summed E-state index contributed by atoms with van der Waals surface area (Å²) >= 11 is 0. The van der Waals surface area contributed by atoms with Gasteiger partial charge in [-0.15, -0.1) is 0 Å². The van der Waals surface area contributed by atoms with E-state index in [0.29, 0.717) is 25.3 Å². The molecule has 0 aliphatic carbocycles. The minimum Gasteiger partial charge on any atom is -0.493 e. The van der Waals surface area contributed by atoms with Crippen molar-refractivity contribution in [1.29, 1.82) is 0 Å². The summed E-state index contributed by atoms with van der Waals surface area (Å²) in [6, 6.07) is 17.3. The summed E-state index contributed by atoms with van der Waals surface area (Å²) in [5.41, 5.74) is 2.81. The summed E-state index contributed by atoms with van der Waals surface area (Å²) in [6.07, 6.45) is 0.361. The van der Waals surface area contributed by atoms with Crippen molar-refractivity contribution in [2.45, 2.75) is 25.9 Å². The molecule has 0 aliphatic rings. The van der Waals surface area contributed by atoms with Crippen molar-refractivity contribution in [3.63, 3.8) is 0 Å². The van der Waals surface area contributed by atoms with Crippen LogP contribution in [0.25, 0.3) is 11.5 Å². The fourth-order valence-electron chi connectivity index (χ4n) is 2.69. The Balaban J connectivity index is 1.54. The Morgan fingerprint density at radius 3 is 2.50 bits per heavy atom. The smallest absolute Gasteiger partial charge is 0.226 e. The predicted molar refractivity (Wildman–Crippen MR) is 99.1 cm³/mol. The zero-order valence-corrected chi connectivity index (χ0v) is 14.8. The fraction of sp³-hybridized carbons (Fsp3) is 0.286. The third-order valence-electron chi connectivity index (χ3n) is 4.13. The highest BCUT2D eigenvalue weighted by molar-refractivity contribution is 5.53. The molecule has 0 spiro atoms. The molecular formula is C21H23NO4. The molecule has 0 unspecified atom stereocenters. The predicted octanol–water partition coefficient (Wildman–Crippen LogP) is 3.17. The van der Waals surface area contributed by atoms with Gasteiger partial charge in [0.2, 0.25) is 5.89 Å². The molecule has 0 radical (unpaired) electrons. The van der Waals surface area contributed by atoms with Crippen LogP contribution in [-0.4, -0.2) is 34.5 Å². The number of aliphatic hydroxyl groups is 2. The van der Waals surface area contributed by atoms with Crippen LogP contribution in [0, 0.1) is 6.92 Å². The van der Waals surface area contributed by atoms with Crippen LogP contribution < -0.4 is 4.74 Å². The van der Waals surface area contributed by atoms with Crippen molar-refractivity contribution in [2.75, 3.05) is 13.2 Å². The fourth-order valence-corrected chi connectivity index (χ4v) is 2.69. The second-order valence-corrected chi connectivity index (χ2v) is 6.17. The number of aliphatic hydroxyl groups excluding tert-OH is 2. The molecule has 1 heterocycles. The van der Waals surface area contributed by atoms with Gasteiger partial charge in [-0.3, -0.25) is 0 Å². The minimum atomic E-state index is -0.726. The van der Waals surface area contributed by atoms with Crippen molar-refractivity contribution >= 4 is 0 Å². The van der Waals surface area contributed by atoms with Gasteiger partial charge in [0.25, 0.3) is 0 Å². The van der Waals surface area contributed by atoms with Gasteiger partial charge in [-0.05, 0) is 36.8 Å². The van der Waals surface area contributed by atoms with Crippen LogP contribution >= 0.6 is 0 Å². The zero-order chi connectivity index (χ0) is 18.4. The number of nitrogens with zero attached hydrogens (tertiary/aromatic N) is 1. The molecule has 5 nitrogen and oxygen atoms in total. The zero-order valence-electron chi connectivity index (χ0n) is 14.8. The van der Waals surface area contributed by atoms with Crippen LogP contribution in [-0.2, 0) is 12.8 Å². The SMILES string of the molecule is Cc1oc(-c2ccccc2)nc1CCOc1ccc(C[C@H](O)CO)cc1. The second-order valence-electron chi connectivity index (χ2n) is 6.17. The molecule has 1 atom stereocenters. The van der Waals surface area contributed by atoms with Gasteiger partial charge in [0, 0.05) is 18.4 Å². The first-order valence-electron chi connectivity index (χ1n) is 8.68. The second kappa shape index (κ2) is 8.65. The van der Waals surface area contributed by atoms with Crippen LogP contribution in [0.3, 0.4) is 0 Å². The highest BCUT2D eigenvalue weighted by Crippen LogP contribution is 2.22. The lowest BCUT2D eigenvalue weighted by Gasteiger charge is -2.09. The van der Waals surface area contributed by atoms with E-state index >= 15 is 0 Å². The average molecular weight is 353 g/mol. The number of benzene rings is 2. The number of rotatable bonds is 8. The average Bonchev–Trinajstić information content (AvgIpc) is 3.04. The van der Waals surface area contributed by atoms with E-state index in [4.69, 9.17) is 14.3 Å². The Kier molecular flexibility index (Phi) is 6.04. The summed E-state index contributed by atoms with van der Waals surface area (Å²) < 4.78 is 11.5. The van der Waals surface area contributed by atoms with Crippen molar-refractivity contribution in [2.24, 2.45) is 0 Å². The quantitative estimate of drug-likeness (QED) is 0.650. The van der Waals surface area contributed by atoms with E-state index < -0.39 is 6.10 Å². The molecule has 0 fully saturated rings. The first-order chi connectivity index (χ1) is 12.7. The van der Waals surface area contributed by atoms with Crippen LogP contribution in [0.2, 0.25) is 0 Å². The Labute approximate surface area is 152 Å². The number of oxazole rings is 1. The first-order valence-corrected chi connectivity index (χ1v) is 8.68. The van der Waals surface area contributed by atoms with E-state index in [1.807, 2.05) is 61.5 Å². The van der Waals surface area contributed by atoms with E-state index in [-0.39, 0.29) is 6.61 Å². The number of aromatic nitrogens is 1. The maximum absolute atomic E-state index is 9.46. The normalized spacial score (nSPS) is 12.1. The summed E-state index contributed by atoms with van der Waals surface area (Å²) in [5.74, 6) is 2.20. The molecule has 0 bridgehead atoms. The maximum Gasteiger partial charge on any atom is 0.226 e. The molecule has 2 aromatic carbocycles. The van der Waals surface area contributed by atoms with E-state index in [0.717, 1.165) is 28.3 Å². The molecule has 26 heavy (non-hydrogen) atoms. The molecule has 1 aromatic heterocycles. The van der Waals surface area contributed by atoms with E-state index in [2.05, 4.69) is 4.98 Å². The molecule has 3 rings (SSSR count). The van der Waals surface area contributed by atoms with Crippen LogP contribution in [0.5, 0.6) is 5.75 Å². The summed E-state index contributed by atoms with van der Waals surface area (Å²) in [4.78, 5) is 4.57. The Morgan fingerprint density at radius 1 is 1.08 bits per heavy atom. The Bertz CT molecular complexity index is 812. The van der Waals surface area contributed by atoms with Gasteiger partial charge in [0.15, 0.2) is 0 Å². The van der Waals surface area contributed by atoms with Crippen molar-refractivity contribution in [3.05, 3.63) is 71.6 Å². The number of aryl methyl sites for hydroxylation is 1. The van der Waals surface area contributed by atoms with Gasteiger partial charge in [0.1, 0.15) is 11.5 Å². The van der Waals surface area contributed by atoms with E-state index in [1.54, 1.807) is 0 Å². The summed E-state index contributed by atoms with van der Waals surface area (Å²) in [5, 5.41) is 18.3. The molecule has 0 saturated carbocycles. The van der Waals surface area contributed by atoms with Gasteiger partial charge < -0.3 is 19.4 Å². The third kappa shape index (κ3) is 4.71. The molecule has 0 saturated heterocycles. The lowest BCUT2D eigenvalue weighted by Crippen LogP contribution is -2.14. The highest BCUT2D eigenvalue weighted by atomic mass is 16.5. The standard InChI is InChI=1S/C21H23NO4/c1-15-20(22-21(26-15)17-5-3-2-4-6-17)11-12-25-19-9-7-16(8-10-19)13-18(24)14-23/h2-10,18,23-24H,11-14H2,1H3/t18-/m0/s1.